The summed E-state index contributed by atoms with van der Waals surface area (Å²) in [6.07, 6.45) is -1.32. The molecule has 0 bridgehead atoms. The first-order valence-corrected chi connectivity index (χ1v) is 20.1. The van der Waals surface area contributed by atoms with Crippen LogP contribution in [0.1, 0.15) is 70.3 Å². The van der Waals surface area contributed by atoms with Crippen LogP contribution in [0.3, 0.4) is 0 Å². The van der Waals surface area contributed by atoms with Gasteiger partial charge in [0.15, 0.2) is 22.4 Å². The Hall–Kier alpha value is -3.06. The smallest absolute Gasteiger partial charge is 0.261 e. The van der Waals surface area contributed by atoms with Crippen LogP contribution in [-0.4, -0.2) is 67.8 Å². The van der Waals surface area contributed by atoms with E-state index in [1.807, 2.05) is 70.2 Å². The van der Waals surface area contributed by atoms with Crippen LogP contribution in [0.2, 0.25) is 5.04 Å². The summed E-state index contributed by atoms with van der Waals surface area (Å²) >= 11 is 1.32. The molecule has 3 aromatic carbocycles. The quantitative estimate of drug-likeness (QED) is 0.116. The number of aromatic nitrogens is 1. The van der Waals surface area contributed by atoms with Gasteiger partial charge in [0.05, 0.1) is 19.3 Å². The molecule has 1 aromatic heterocycles. The van der Waals surface area contributed by atoms with Gasteiger partial charge in [0.1, 0.15) is 24.4 Å². The van der Waals surface area contributed by atoms with Crippen molar-refractivity contribution >= 4 is 35.8 Å². The molecule has 3 heterocycles. The molecule has 0 N–H and O–H groups in total. The van der Waals surface area contributed by atoms with Gasteiger partial charge in [0.2, 0.25) is 0 Å². The standard InChI is InChI=1S/C40H49NO7SSi/c1-38(2,3)50(29-19-13-9-14-20-29,30-21-15-10-16-22-30)44-27-33-35-36(48-39(4,5)45-33)34(46-40(6,7)47-35)32(25-31(42)37-41-23-24-49-37)43-26-28-17-11-8-12-18-28/h8-24,32-36H,25-27H2,1-7H3/t32-,33-,34-,35-,36-/m1/s1. The molecule has 0 saturated carbocycles. The average Bonchev–Trinajstić information content (AvgIpc) is 3.63. The minimum absolute atomic E-state index is 0.0676. The Kier molecular flexibility index (Phi) is 10.9. The first-order valence-electron chi connectivity index (χ1n) is 17.3. The van der Waals surface area contributed by atoms with Crippen molar-refractivity contribution in [2.45, 2.75) is 109 Å². The van der Waals surface area contributed by atoms with Crippen LogP contribution in [0.25, 0.3) is 0 Å². The van der Waals surface area contributed by atoms with E-state index in [0.717, 1.165) is 5.56 Å². The number of Topliss-reactive ketones (excluding diaryl/α,β-unsaturated/α-hetero) is 1. The number of ether oxygens (including phenoxy) is 5. The molecular formula is C40H49NO7SSi. The number of benzene rings is 3. The van der Waals surface area contributed by atoms with E-state index in [4.69, 9.17) is 28.1 Å². The molecule has 10 heteroatoms. The second-order valence-electron chi connectivity index (χ2n) is 15.0. The van der Waals surface area contributed by atoms with E-state index >= 15 is 0 Å². The van der Waals surface area contributed by atoms with E-state index < -0.39 is 50.4 Å². The minimum atomic E-state index is -2.90. The number of hydrogen-bond acceptors (Lipinski definition) is 9. The largest absolute Gasteiger partial charge is 0.405 e. The third-order valence-electron chi connectivity index (χ3n) is 9.32. The van der Waals surface area contributed by atoms with Crippen molar-refractivity contribution in [1.82, 2.24) is 4.98 Å². The third kappa shape index (κ3) is 8.03. The number of fused-ring (bicyclic) bond motifs is 1. The van der Waals surface area contributed by atoms with Crippen LogP contribution in [0.5, 0.6) is 0 Å². The number of nitrogens with zero attached hydrogens (tertiary/aromatic N) is 1. The highest BCUT2D eigenvalue weighted by atomic mass is 32.1. The van der Waals surface area contributed by atoms with Crippen molar-refractivity contribution in [1.29, 1.82) is 0 Å². The summed E-state index contributed by atoms with van der Waals surface area (Å²) in [6.45, 7) is 14.9. The fourth-order valence-corrected chi connectivity index (χ4v) is 12.4. The Morgan fingerprint density at radius 2 is 1.38 bits per heavy atom. The normalized spacial score (nSPS) is 23.9. The molecule has 0 amide bonds. The van der Waals surface area contributed by atoms with Crippen LogP contribution in [0.4, 0.5) is 0 Å². The predicted molar refractivity (Wildman–Crippen MR) is 197 cm³/mol. The SMILES string of the molecule is CC1(C)O[C@H]([C@@H](CC(=O)c2nccs2)OCc2ccccc2)[C@H]2OC(C)(C)O[C@H](CO[Si](c3ccccc3)(c3ccccc3)C(C)(C)C)[C@H]2O1. The zero-order valence-electron chi connectivity index (χ0n) is 30.0. The summed E-state index contributed by atoms with van der Waals surface area (Å²) < 4.78 is 40.7. The van der Waals surface area contributed by atoms with Crippen molar-refractivity contribution in [3.8, 4) is 0 Å². The van der Waals surface area contributed by atoms with E-state index in [-0.39, 0.29) is 23.8 Å². The van der Waals surface area contributed by atoms with Crippen molar-refractivity contribution < 1.29 is 32.9 Å². The molecule has 0 spiro atoms. The molecule has 0 aliphatic carbocycles. The van der Waals surface area contributed by atoms with E-state index in [1.54, 1.807) is 11.6 Å². The monoisotopic (exact) mass is 715 g/mol. The van der Waals surface area contributed by atoms with Gasteiger partial charge in [-0.3, -0.25) is 4.79 Å². The Bertz CT molecular complexity index is 1640. The maximum atomic E-state index is 13.6. The van der Waals surface area contributed by atoms with Crippen molar-refractivity contribution in [3.63, 3.8) is 0 Å². The highest BCUT2D eigenvalue weighted by Gasteiger charge is 2.57. The fourth-order valence-electron chi connectivity index (χ4n) is 7.28. The Balaban J connectivity index is 1.35. The van der Waals surface area contributed by atoms with Crippen LogP contribution < -0.4 is 10.4 Å². The zero-order chi connectivity index (χ0) is 35.6. The summed E-state index contributed by atoms with van der Waals surface area (Å²) in [7, 11) is -2.90. The topological polar surface area (TPSA) is 85.3 Å². The summed E-state index contributed by atoms with van der Waals surface area (Å²) in [5.41, 5.74) is 0.992. The summed E-state index contributed by atoms with van der Waals surface area (Å²) in [6, 6.07) is 31.0. The highest BCUT2D eigenvalue weighted by Crippen LogP contribution is 2.42. The van der Waals surface area contributed by atoms with Crippen LogP contribution in [-0.2, 0) is 34.7 Å². The lowest BCUT2D eigenvalue weighted by atomic mass is 9.92. The zero-order valence-corrected chi connectivity index (χ0v) is 31.9. The third-order valence-corrected chi connectivity index (χ3v) is 15.1. The lowest BCUT2D eigenvalue weighted by molar-refractivity contribution is -0.432. The second-order valence-corrected chi connectivity index (χ2v) is 20.2. The van der Waals surface area contributed by atoms with Gasteiger partial charge in [-0.15, -0.1) is 11.3 Å². The van der Waals surface area contributed by atoms with Gasteiger partial charge in [-0.05, 0) is 48.7 Å². The van der Waals surface area contributed by atoms with Gasteiger partial charge in [0, 0.05) is 18.0 Å². The van der Waals surface area contributed by atoms with Crippen molar-refractivity contribution in [2.24, 2.45) is 0 Å². The first kappa shape index (κ1) is 36.7. The van der Waals surface area contributed by atoms with E-state index in [1.165, 1.54) is 21.7 Å². The second kappa shape index (κ2) is 14.9. The Morgan fingerprint density at radius 3 is 1.94 bits per heavy atom. The Morgan fingerprint density at radius 1 is 0.820 bits per heavy atom. The van der Waals surface area contributed by atoms with Gasteiger partial charge in [-0.1, -0.05) is 112 Å². The summed E-state index contributed by atoms with van der Waals surface area (Å²) in [5, 5.41) is 4.38. The molecule has 2 aliphatic heterocycles. The number of carbonyl (C=O) groups is 1. The molecule has 8 nitrogen and oxygen atoms in total. The van der Waals surface area contributed by atoms with Gasteiger partial charge >= 0.3 is 0 Å². The number of carbonyl (C=O) groups excluding carboxylic acids is 1. The average molecular weight is 716 g/mol. The van der Waals surface area contributed by atoms with Crippen molar-refractivity contribution in [3.05, 3.63) is 113 Å². The predicted octanol–water partition coefficient (Wildman–Crippen LogP) is 6.92. The molecule has 5 atom stereocenters. The van der Waals surface area contributed by atoms with Gasteiger partial charge in [0.25, 0.3) is 8.32 Å². The van der Waals surface area contributed by atoms with Crippen LogP contribution in [0.15, 0.2) is 103 Å². The van der Waals surface area contributed by atoms with Crippen LogP contribution in [0, 0.1) is 0 Å². The lowest BCUT2D eigenvalue weighted by Crippen LogP contribution is -2.71. The van der Waals surface area contributed by atoms with Gasteiger partial charge in [-0.25, -0.2) is 4.98 Å². The maximum Gasteiger partial charge on any atom is 0.261 e. The Labute approximate surface area is 301 Å². The lowest BCUT2D eigenvalue weighted by Gasteiger charge is -2.55. The molecule has 50 heavy (non-hydrogen) atoms. The highest BCUT2D eigenvalue weighted by molar-refractivity contribution is 7.11. The molecule has 0 radical (unpaired) electrons. The van der Waals surface area contributed by atoms with E-state index in [0.29, 0.717) is 11.6 Å². The number of hydrogen-bond donors (Lipinski definition) is 0. The molecule has 0 unspecified atom stereocenters. The molecule has 6 rings (SSSR count). The number of thiazole rings is 1. The van der Waals surface area contributed by atoms with E-state index in [9.17, 15) is 4.79 Å². The fraction of sp³-hybridized carbons (Fsp3) is 0.450. The summed E-state index contributed by atoms with van der Waals surface area (Å²) in [5.74, 6) is -2.15. The first-order chi connectivity index (χ1) is 23.8. The number of ketones is 1. The minimum Gasteiger partial charge on any atom is -0.405 e. The summed E-state index contributed by atoms with van der Waals surface area (Å²) in [4.78, 5) is 17.8. The van der Waals surface area contributed by atoms with Crippen LogP contribution >= 0.6 is 11.3 Å². The molecule has 4 aromatic rings. The molecule has 2 aliphatic rings. The van der Waals surface area contributed by atoms with Gasteiger partial charge in [-0.2, -0.15) is 0 Å². The molecule has 2 fully saturated rings. The number of rotatable bonds is 12. The maximum absolute atomic E-state index is 13.6. The molecular weight excluding hydrogens is 667 g/mol. The van der Waals surface area contributed by atoms with Crippen molar-refractivity contribution in [2.75, 3.05) is 6.61 Å². The van der Waals surface area contributed by atoms with E-state index in [2.05, 4.69) is 74.3 Å². The molecule has 266 valence electrons. The molecule has 2 saturated heterocycles. The van der Waals surface area contributed by atoms with Gasteiger partial charge < -0.3 is 28.1 Å².